The molecule has 0 saturated heterocycles. The fraction of sp³-hybridized carbons (Fsp3) is 0.111. The van der Waals surface area contributed by atoms with Crippen LogP contribution in [0, 0.1) is 0 Å². The van der Waals surface area contributed by atoms with Crippen molar-refractivity contribution in [2.24, 2.45) is 7.05 Å². The van der Waals surface area contributed by atoms with Gasteiger partial charge < -0.3 is 10.2 Å². The Hall–Kier alpha value is -1.75. The first-order valence-corrected chi connectivity index (χ1v) is 4.46. The van der Waals surface area contributed by atoms with Crippen LogP contribution in [0.2, 0.25) is 5.02 Å². The molecule has 0 unspecified atom stereocenters. The summed E-state index contributed by atoms with van der Waals surface area (Å²) in [6.45, 7) is 0. The van der Waals surface area contributed by atoms with Crippen molar-refractivity contribution in [1.82, 2.24) is 9.78 Å². The zero-order valence-electron chi connectivity index (χ0n) is 7.73. The van der Waals surface area contributed by atoms with E-state index in [9.17, 15) is 15.0 Å². The summed E-state index contributed by atoms with van der Waals surface area (Å²) in [6.07, 6.45) is 1.36. The van der Waals surface area contributed by atoms with Gasteiger partial charge in [0.25, 0.3) is 5.56 Å². The summed E-state index contributed by atoms with van der Waals surface area (Å²) in [5, 5.41) is 22.9. The van der Waals surface area contributed by atoms with Crippen LogP contribution in [0.1, 0.15) is 0 Å². The number of phenolic OH excluding ortho intramolecular Hbond substituents is 2. The van der Waals surface area contributed by atoms with E-state index in [2.05, 4.69) is 5.10 Å². The van der Waals surface area contributed by atoms with Gasteiger partial charge in [-0.1, -0.05) is 11.6 Å². The topological polar surface area (TPSA) is 75.3 Å². The normalized spacial score (nSPS) is 10.8. The summed E-state index contributed by atoms with van der Waals surface area (Å²) in [6, 6.07) is 1.17. The highest BCUT2D eigenvalue weighted by atomic mass is 35.5. The lowest BCUT2D eigenvalue weighted by Gasteiger charge is -2.05. The Balaban J connectivity index is 3.05. The van der Waals surface area contributed by atoms with Crippen molar-refractivity contribution in [1.29, 1.82) is 0 Å². The molecule has 2 aromatic rings. The van der Waals surface area contributed by atoms with E-state index in [4.69, 9.17) is 11.6 Å². The quantitative estimate of drug-likeness (QED) is 0.657. The van der Waals surface area contributed by atoms with Crippen molar-refractivity contribution in [2.75, 3.05) is 0 Å². The Labute approximate surface area is 89.1 Å². The van der Waals surface area contributed by atoms with Crippen LogP contribution in [0.5, 0.6) is 11.5 Å². The molecule has 1 aromatic carbocycles. The van der Waals surface area contributed by atoms with Crippen LogP contribution in [0.4, 0.5) is 0 Å². The van der Waals surface area contributed by atoms with Crippen molar-refractivity contribution in [3.63, 3.8) is 0 Å². The molecule has 2 N–H and O–H groups in total. The number of benzene rings is 1. The van der Waals surface area contributed by atoms with Crippen molar-refractivity contribution in [2.45, 2.75) is 0 Å². The van der Waals surface area contributed by atoms with Gasteiger partial charge in [0.15, 0.2) is 11.5 Å². The fourth-order valence-electron chi connectivity index (χ4n) is 1.32. The van der Waals surface area contributed by atoms with Crippen LogP contribution in [0.15, 0.2) is 17.1 Å². The van der Waals surface area contributed by atoms with E-state index in [1.165, 1.54) is 19.3 Å². The zero-order valence-corrected chi connectivity index (χ0v) is 8.49. The number of aryl methyl sites for hydroxylation is 1. The molecule has 15 heavy (non-hydrogen) atoms. The molecule has 0 atom stereocenters. The number of halogens is 1. The fourth-order valence-corrected chi connectivity index (χ4v) is 1.56. The lowest BCUT2D eigenvalue weighted by atomic mass is 10.2. The third kappa shape index (κ3) is 1.32. The zero-order chi connectivity index (χ0) is 11.2. The van der Waals surface area contributed by atoms with Crippen molar-refractivity contribution >= 4 is 22.4 Å². The molecule has 78 valence electrons. The largest absolute Gasteiger partial charge is 0.504 e. The van der Waals surface area contributed by atoms with Gasteiger partial charge in [-0.3, -0.25) is 4.79 Å². The number of fused-ring (bicyclic) bond motifs is 1. The Kier molecular flexibility index (Phi) is 2.04. The molecular formula is C9H7ClN2O3. The maximum Gasteiger partial charge on any atom is 0.274 e. The van der Waals surface area contributed by atoms with Crippen molar-refractivity contribution in [3.05, 3.63) is 27.6 Å². The Morgan fingerprint density at radius 2 is 2.07 bits per heavy atom. The third-order valence-electron chi connectivity index (χ3n) is 2.14. The number of hydrogen-bond acceptors (Lipinski definition) is 4. The van der Waals surface area contributed by atoms with E-state index in [-0.39, 0.29) is 16.0 Å². The monoisotopic (exact) mass is 226 g/mol. The predicted molar refractivity (Wildman–Crippen MR) is 55.3 cm³/mol. The smallest absolute Gasteiger partial charge is 0.274 e. The number of nitrogens with zero attached hydrogens (tertiary/aromatic N) is 2. The standard InChI is InChI=1S/C9H7ClN2O3/c1-12-9(15)4-2-6(13)8(14)7(10)5(4)3-11-12/h2-3,13-14H,1H3. The molecule has 0 radical (unpaired) electrons. The highest BCUT2D eigenvalue weighted by molar-refractivity contribution is 6.37. The Morgan fingerprint density at radius 1 is 1.40 bits per heavy atom. The Bertz CT molecular complexity index is 606. The average Bonchev–Trinajstić information content (AvgIpc) is 2.21. The van der Waals surface area contributed by atoms with Crippen LogP contribution in [-0.4, -0.2) is 20.0 Å². The summed E-state index contributed by atoms with van der Waals surface area (Å²) < 4.78 is 1.12. The number of aromatic hydroxyl groups is 2. The number of hydrogen-bond donors (Lipinski definition) is 2. The second kappa shape index (κ2) is 3.13. The number of phenols is 2. The number of rotatable bonds is 0. The first kappa shape index (κ1) is 9.79. The van der Waals surface area contributed by atoms with E-state index in [0.29, 0.717) is 5.39 Å². The minimum atomic E-state index is -0.445. The van der Waals surface area contributed by atoms with Gasteiger partial charge in [0.1, 0.15) is 0 Å². The first-order valence-electron chi connectivity index (χ1n) is 4.09. The van der Waals surface area contributed by atoms with Crippen LogP contribution in [-0.2, 0) is 7.05 Å². The van der Waals surface area contributed by atoms with Gasteiger partial charge in [-0.05, 0) is 6.07 Å². The molecule has 1 aromatic heterocycles. The molecule has 2 rings (SSSR count). The molecule has 0 aliphatic rings. The maximum atomic E-state index is 11.6. The van der Waals surface area contributed by atoms with E-state index >= 15 is 0 Å². The van der Waals surface area contributed by atoms with Crippen molar-refractivity contribution in [3.8, 4) is 11.5 Å². The minimum absolute atomic E-state index is 0.0739. The second-order valence-corrected chi connectivity index (χ2v) is 3.47. The molecule has 0 amide bonds. The SMILES string of the molecule is Cn1ncc2c(Cl)c(O)c(O)cc2c1=O. The second-order valence-electron chi connectivity index (χ2n) is 3.09. The molecular weight excluding hydrogens is 220 g/mol. The average molecular weight is 227 g/mol. The van der Waals surface area contributed by atoms with Gasteiger partial charge in [-0.15, -0.1) is 0 Å². The first-order chi connectivity index (χ1) is 7.02. The van der Waals surface area contributed by atoms with Crippen LogP contribution in [0.25, 0.3) is 10.8 Å². The van der Waals surface area contributed by atoms with Gasteiger partial charge in [0.05, 0.1) is 16.6 Å². The molecule has 0 saturated carbocycles. The Morgan fingerprint density at radius 3 is 2.73 bits per heavy atom. The molecule has 0 aliphatic heterocycles. The third-order valence-corrected chi connectivity index (χ3v) is 2.53. The molecule has 0 bridgehead atoms. The molecule has 6 heteroatoms. The predicted octanol–water partition coefficient (Wildman–Crippen LogP) is 0.998. The number of aromatic nitrogens is 2. The van der Waals surface area contributed by atoms with Gasteiger partial charge in [-0.2, -0.15) is 5.10 Å². The van der Waals surface area contributed by atoms with Crippen LogP contribution in [0.3, 0.4) is 0 Å². The van der Waals surface area contributed by atoms with Crippen LogP contribution < -0.4 is 5.56 Å². The van der Waals surface area contributed by atoms with E-state index < -0.39 is 11.5 Å². The van der Waals surface area contributed by atoms with Crippen molar-refractivity contribution < 1.29 is 10.2 Å². The van der Waals surface area contributed by atoms with Crippen LogP contribution >= 0.6 is 11.6 Å². The lowest BCUT2D eigenvalue weighted by Crippen LogP contribution is -2.18. The van der Waals surface area contributed by atoms with E-state index in [1.54, 1.807) is 0 Å². The van der Waals surface area contributed by atoms with E-state index in [1.807, 2.05) is 0 Å². The summed E-state index contributed by atoms with van der Waals surface area (Å²) in [4.78, 5) is 11.6. The molecule has 0 aliphatic carbocycles. The highest BCUT2D eigenvalue weighted by Gasteiger charge is 2.13. The summed E-state index contributed by atoms with van der Waals surface area (Å²) in [5.74, 6) is -0.866. The molecule has 1 heterocycles. The van der Waals surface area contributed by atoms with Gasteiger partial charge in [-0.25, -0.2) is 4.68 Å². The highest BCUT2D eigenvalue weighted by Crippen LogP contribution is 2.37. The van der Waals surface area contributed by atoms with Gasteiger partial charge in [0.2, 0.25) is 0 Å². The summed E-state index contributed by atoms with van der Waals surface area (Å²) in [7, 11) is 1.49. The lowest BCUT2D eigenvalue weighted by molar-refractivity contribution is 0.405. The molecule has 0 fully saturated rings. The minimum Gasteiger partial charge on any atom is -0.504 e. The van der Waals surface area contributed by atoms with Gasteiger partial charge in [0, 0.05) is 12.4 Å². The van der Waals surface area contributed by atoms with E-state index in [0.717, 1.165) is 4.68 Å². The maximum absolute atomic E-state index is 11.6. The summed E-state index contributed by atoms with van der Waals surface area (Å²) >= 11 is 5.76. The molecule has 5 nitrogen and oxygen atoms in total. The van der Waals surface area contributed by atoms with Gasteiger partial charge >= 0.3 is 0 Å². The molecule has 0 spiro atoms. The summed E-state index contributed by atoms with van der Waals surface area (Å²) in [5.41, 5.74) is -0.385.